The second-order valence-corrected chi connectivity index (χ2v) is 10.8. The summed E-state index contributed by atoms with van der Waals surface area (Å²) in [4.78, 5) is 53.8. The van der Waals surface area contributed by atoms with Gasteiger partial charge in [0, 0.05) is 26.6 Å². The van der Waals surface area contributed by atoms with E-state index in [1.54, 1.807) is 4.90 Å². The number of amides is 4. The summed E-state index contributed by atoms with van der Waals surface area (Å²) in [5.74, 6) is -0.428. The molecule has 0 spiro atoms. The Hall–Kier alpha value is -3.88. The molecule has 9 heteroatoms. The quantitative estimate of drug-likeness (QED) is 0.543. The molecule has 1 fully saturated rings. The highest BCUT2D eigenvalue weighted by atomic mass is 16.5. The number of carbonyl (C=O) groups excluding carboxylic acids is 4. The number of aryl methyl sites for hydroxylation is 2. The van der Waals surface area contributed by atoms with Crippen LogP contribution < -0.4 is 20.7 Å². The fourth-order valence-electron chi connectivity index (χ4n) is 5.36. The van der Waals surface area contributed by atoms with Gasteiger partial charge in [-0.3, -0.25) is 19.2 Å². The van der Waals surface area contributed by atoms with Crippen molar-refractivity contribution in [2.45, 2.75) is 71.0 Å². The van der Waals surface area contributed by atoms with Gasteiger partial charge in [0.25, 0.3) is 0 Å². The SMILES string of the molecule is CC(=O)N[C@H]1CC(=O)N2CCCC(CCOc3ccc(C)c(c3)CNC(=O)C(CCc3ccccc3)NC1=O)C2. The van der Waals surface area contributed by atoms with Gasteiger partial charge in [0.1, 0.15) is 17.8 Å². The number of hydrogen-bond acceptors (Lipinski definition) is 5. The molecular formula is C31H40N4O5. The molecule has 3 atom stereocenters. The summed E-state index contributed by atoms with van der Waals surface area (Å²) < 4.78 is 6.05. The van der Waals surface area contributed by atoms with Crippen molar-refractivity contribution in [1.29, 1.82) is 0 Å². The van der Waals surface area contributed by atoms with Crippen LogP contribution >= 0.6 is 0 Å². The minimum absolute atomic E-state index is 0.161. The van der Waals surface area contributed by atoms with E-state index in [4.69, 9.17) is 4.74 Å². The van der Waals surface area contributed by atoms with Crippen LogP contribution in [0.1, 0.15) is 55.7 Å². The average Bonchev–Trinajstić information content (AvgIpc) is 2.94. The van der Waals surface area contributed by atoms with Crippen molar-refractivity contribution >= 4 is 23.6 Å². The fraction of sp³-hybridized carbons (Fsp3) is 0.484. The third-order valence-corrected chi connectivity index (χ3v) is 7.71. The van der Waals surface area contributed by atoms with E-state index < -0.39 is 23.9 Å². The second-order valence-electron chi connectivity index (χ2n) is 10.8. The molecule has 2 unspecified atom stereocenters. The molecule has 2 heterocycles. The molecule has 4 amide bonds. The van der Waals surface area contributed by atoms with Crippen molar-refractivity contribution in [2.75, 3.05) is 19.7 Å². The maximum absolute atomic E-state index is 13.4. The van der Waals surface area contributed by atoms with Crippen molar-refractivity contribution in [2.24, 2.45) is 5.92 Å². The molecule has 0 aromatic heterocycles. The summed E-state index contributed by atoms with van der Waals surface area (Å²) in [7, 11) is 0. The molecule has 0 saturated carbocycles. The van der Waals surface area contributed by atoms with E-state index in [2.05, 4.69) is 16.0 Å². The highest BCUT2D eigenvalue weighted by molar-refractivity contribution is 5.94. The van der Waals surface area contributed by atoms with E-state index in [-0.39, 0.29) is 24.8 Å². The Morgan fingerprint density at radius 3 is 2.65 bits per heavy atom. The largest absolute Gasteiger partial charge is 0.494 e. The van der Waals surface area contributed by atoms with Crippen LogP contribution in [0, 0.1) is 12.8 Å². The molecule has 3 N–H and O–H groups in total. The molecule has 2 aliphatic heterocycles. The lowest BCUT2D eigenvalue weighted by Gasteiger charge is -2.34. The fourth-order valence-corrected chi connectivity index (χ4v) is 5.36. The molecule has 2 aromatic carbocycles. The van der Waals surface area contributed by atoms with E-state index >= 15 is 0 Å². The zero-order valence-corrected chi connectivity index (χ0v) is 23.4. The highest BCUT2D eigenvalue weighted by Gasteiger charge is 2.31. The average molecular weight is 549 g/mol. The Kier molecular flexibility index (Phi) is 10.2. The molecule has 4 rings (SSSR count). The van der Waals surface area contributed by atoms with Gasteiger partial charge in [0.05, 0.1) is 13.0 Å². The first-order chi connectivity index (χ1) is 19.3. The van der Waals surface area contributed by atoms with E-state index in [0.29, 0.717) is 38.5 Å². The van der Waals surface area contributed by atoms with Crippen LogP contribution in [0.25, 0.3) is 0 Å². The van der Waals surface area contributed by atoms with Crippen LogP contribution in [0.2, 0.25) is 0 Å². The van der Waals surface area contributed by atoms with E-state index in [1.165, 1.54) is 6.92 Å². The Morgan fingerprint density at radius 2 is 1.88 bits per heavy atom. The minimum Gasteiger partial charge on any atom is -0.494 e. The number of nitrogens with zero attached hydrogens (tertiary/aromatic N) is 1. The van der Waals surface area contributed by atoms with Crippen molar-refractivity contribution in [1.82, 2.24) is 20.9 Å². The third-order valence-electron chi connectivity index (χ3n) is 7.71. The molecule has 9 nitrogen and oxygen atoms in total. The lowest BCUT2D eigenvalue weighted by Crippen LogP contribution is -2.55. The Labute approximate surface area is 236 Å². The van der Waals surface area contributed by atoms with Gasteiger partial charge in [-0.1, -0.05) is 36.4 Å². The molecule has 1 saturated heterocycles. The second kappa shape index (κ2) is 14.0. The molecule has 0 aliphatic carbocycles. The van der Waals surface area contributed by atoms with Gasteiger partial charge in [-0.25, -0.2) is 0 Å². The maximum Gasteiger partial charge on any atom is 0.243 e. The lowest BCUT2D eigenvalue weighted by molar-refractivity contribution is -0.138. The Balaban J connectivity index is 1.59. The standard InChI is InChI=1S/C31H40N4O5/c1-21-10-12-26-17-25(21)19-32-30(38)27(13-11-23-7-4-3-5-8-23)34-31(39)28(33-22(2)36)18-29(37)35-15-6-9-24(20-35)14-16-40-26/h3-5,7-8,10,12,17,24,27-28H,6,9,11,13-16,18-20H2,1-2H3,(H,32,38)(H,33,36)(H,34,39)/t24?,27?,28-/m0/s1. The monoisotopic (exact) mass is 548 g/mol. The molecule has 214 valence electrons. The van der Waals surface area contributed by atoms with Gasteiger partial charge in [0.15, 0.2) is 0 Å². The van der Waals surface area contributed by atoms with Gasteiger partial charge in [0.2, 0.25) is 23.6 Å². The normalized spacial score (nSPS) is 22.7. The zero-order chi connectivity index (χ0) is 28.5. The smallest absolute Gasteiger partial charge is 0.243 e. The zero-order valence-electron chi connectivity index (χ0n) is 23.4. The topological polar surface area (TPSA) is 117 Å². The molecule has 4 bridgehead atoms. The number of nitrogens with one attached hydrogen (secondary N) is 3. The number of fused-ring (bicyclic) bond motifs is 4. The Bertz CT molecular complexity index is 1200. The van der Waals surface area contributed by atoms with Crippen molar-refractivity contribution in [3.8, 4) is 5.75 Å². The number of carbonyl (C=O) groups is 4. The van der Waals surface area contributed by atoms with Gasteiger partial charge in [-0.2, -0.15) is 0 Å². The summed E-state index contributed by atoms with van der Waals surface area (Å²) in [6.07, 6.45) is 3.47. The number of benzene rings is 2. The molecule has 2 aromatic rings. The number of hydrogen-bond donors (Lipinski definition) is 3. The van der Waals surface area contributed by atoms with Crippen molar-refractivity contribution < 1.29 is 23.9 Å². The van der Waals surface area contributed by atoms with Crippen LogP contribution in [0.4, 0.5) is 0 Å². The Morgan fingerprint density at radius 1 is 1.07 bits per heavy atom. The number of ether oxygens (including phenoxy) is 1. The molecule has 0 radical (unpaired) electrons. The third kappa shape index (κ3) is 8.31. The molecule has 40 heavy (non-hydrogen) atoms. The summed E-state index contributed by atoms with van der Waals surface area (Å²) in [6, 6.07) is 13.7. The van der Waals surface area contributed by atoms with Gasteiger partial charge in [-0.15, -0.1) is 0 Å². The predicted molar refractivity (Wildman–Crippen MR) is 151 cm³/mol. The number of rotatable bonds is 4. The van der Waals surface area contributed by atoms with E-state index in [0.717, 1.165) is 41.7 Å². The van der Waals surface area contributed by atoms with Gasteiger partial charge in [-0.05, 0) is 73.8 Å². The van der Waals surface area contributed by atoms with Crippen LogP contribution in [0.5, 0.6) is 5.75 Å². The number of piperidine rings is 1. The van der Waals surface area contributed by atoms with Crippen molar-refractivity contribution in [3.63, 3.8) is 0 Å². The van der Waals surface area contributed by atoms with Gasteiger partial charge >= 0.3 is 0 Å². The van der Waals surface area contributed by atoms with Crippen LogP contribution in [0.15, 0.2) is 48.5 Å². The summed E-state index contributed by atoms with van der Waals surface area (Å²) in [5.41, 5.74) is 3.00. The minimum atomic E-state index is -1.07. The van der Waals surface area contributed by atoms with Crippen molar-refractivity contribution in [3.05, 3.63) is 65.2 Å². The lowest BCUT2D eigenvalue weighted by atomic mass is 9.94. The predicted octanol–water partition coefficient (Wildman–Crippen LogP) is 2.64. The summed E-state index contributed by atoms with van der Waals surface area (Å²) >= 11 is 0. The van der Waals surface area contributed by atoms with Crippen LogP contribution in [-0.2, 0) is 32.1 Å². The highest BCUT2D eigenvalue weighted by Crippen LogP contribution is 2.23. The first kappa shape index (κ1) is 29.1. The first-order valence-corrected chi connectivity index (χ1v) is 14.2. The first-order valence-electron chi connectivity index (χ1n) is 14.2. The van der Waals surface area contributed by atoms with Crippen LogP contribution in [0.3, 0.4) is 0 Å². The maximum atomic E-state index is 13.4. The van der Waals surface area contributed by atoms with Crippen LogP contribution in [-0.4, -0.2) is 60.3 Å². The van der Waals surface area contributed by atoms with E-state index in [1.807, 2.05) is 55.5 Å². The summed E-state index contributed by atoms with van der Waals surface area (Å²) in [6.45, 7) is 5.32. The summed E-state index contributed by atoms with van der Waals surface area (Å²) in [5, 5.41) is 8.43. The van der Waals surface area contributed by atoms with E-state index in [9.17, 15) is 19.2 Å². The molecular weight excluding hydrogens is 508 g/mol. The molecule has 2 aliphatic rings. The van der Waals surface area contributed by atoms with Gasteiger partial charge < -0.3 is 25.6 Å².